The molecule has 1 aromatic rings. The summed E-state index contributed by atoms with van der Waals surface area (Å²) in [5, 5.41) is 7.20. The second-order valence-electron chi connectivity index (χ2n) is 9.35. The van der Waals surface area contributed by atoms with Gasteiger partial charge in [-0.25, -0.2) is 4.99 Å². The summed E-state index contributed by atoms with van der Waals surface area (Å²) >= 11 is 0. The molecule has 0 spiro atoms. The second kappa shape index (κ2) is 10.3. The molecule has 5 nitrogen and oxygen atoms in total. The van der Waals surface area contributed by atoms with Gasteiger partial charge in [0.25, 0.3) is 0 Å². The quantitative estimate of drug-likeness (QED) is 0.272. The molecule has 4 rings (SSSR count). The van der Waals surface area contributed by atoms with E-state index in [1.165, 1.54) is 24.0 Å². The molecule has 3 atom stereocenters. The molecule has 0 aromatic heterocycles. The number of rotatable bonds is 7. The van der Waals surface area contributed by atoms with Crippen LogP contribution in [0.5, 0.6) is 0 Å². The van der Waals surface area contributed by atoms with Crippen molar-refractivity contribution in [3.63, 3.8) is 0 Å². The Kier molecular flexibility index (Phi) is 7.41. The summed E-state index contributed by atoms with van der Waals surface area (Å²) in [7, 11) is -2.45. The van der Waals surface area contributed by atoms with E-state index < -0.39 is 7.37 Å². The van der Waals surface area contributed by atoms with E-state index in [1.807, 2.05) is 0 Å². The average molecular weight is 466 g/mol. The van der Waals surface area contributed by atoms with Crippen molar-refractivity contribution in [2.45, 2.75) is 58.7 Å². The van der Waals surface area contributed by atoms with Crippen molar-refractivity contribution in [1.29, 1.82) is 0 Å². The summed E-state index contributed by atoms with van der Waals surface area (Å²) in [6, 6.07) is 8.33. The third-order valence-electron chi connectivity index (χ3n) is 6.34. The standard InChI is InChI=1S/C27H36N3O2P/c1-5-24(21-14-15-21)27(30-25-13-9-6-10-19(25)2)29-20(3)28-23-12-8-7-11-22(18-23)26-16-17-33(4,31)32-26/h5-11,13,18,20-21,26,28H,12,14-17H2,1-4H3,(H,29,30)/b24-5-. The van der Waals surface area contributed by atoms with Gasteiger partial charge in [0.1, 0.15) is 12.0 Å². The highest BCUT2D eigenvalue weighted by Gasteiger charge is 2.32. The summed E-state index contributed by atoms with van der Waals surface area (Å²) in [4.78, 5) is 5.08. The fourth-order valence-electron chi connectivity index (χ4n) is 4.41. The third-order valence-corrected chi connectivity index (χ3v) is 8.11. The predicted octanol–water partition coefficient (Wildman–Crippen LogP) is 6.56. The highest BCUT2D eigenvalue weighted by Crippen LogP contribution is 2.52. The minimum atomic E-state index is -2.45. The van der Waals surface area contributed by atoms with Crippen LogP contribution in [0.15, 0.2) is 76.5 Å². The van der Waals surface area contributed by atoms with Crippen molar-refractivity contribution in [3.8, 4) is 0 Å². The van der Waals surface area contributed by atoms with Crippen LogP contribution in [0.1, 0.15) is 45.1 Å². The Labute approximate surface area is 198 Å². The lowest BCUT2D eigenvalue weighted by molar-refractivity contribution is 0.275. The van der Waals surface area contributed by atoms with Gasteiger partial charge in [-0.15, -0.1) is 0 Å². The van der Waals surface area contributed by atoms with Crippen molar-refractivity contribution < 1.29 is 9.09 Å². The first-order valence-corrected chi connectivity index (χ1v) is 14.3. The first kappa shape index (κ1) is 23.8. The van der Waals surface area contributed by atoms with Crippen molar-refractivity contribution >= 4 is 18.9 Å². The van der Waals surface area contributed by atoms with Gasteiger partial charge in [-0.3, -0.25) is 4.57 Å². The lowest BCUT2D eigenvalue weighted by Crippen LogP contribution is -2.28. The molecule has 3 unspecified atom stereocenters. The van der Waals surface area contributed by atoms with E-state index in [0.29, 0.717) is 12.1 Å². The Hall–Kier alpha value is -2.36. The van der Waals surface area contributed by atoms with Gasteiger partial charge in [0, 0.05) is 30.6 Å². The first-order valence-electron chi connectivity index (χ1n) is 12.0. The molecule has 33 heavy (non-hydrogen) atoms. The molecule has 0 bridgehead atoms. The molecule has 3 aliphatic rings. The van der Waals surface area contributed by atoms with Gasteiger partial charge in [0.2, 0.25) is 7.37 Å². The molecule has 6 heteroatoms. The molecule has 1 aliphatic heterocycles. The van der Waals surface area contributed by atoms with Crippen LogP contribution in [0.3, 0.4) is 0 Å². The molecule has 2 N–H and O–H groups in total. The molecule has 2 fully saturated rings. The second-order valence-corrected chi connectivity index (χ2v) is 12.0. The number of para-hydroxylation sites is 1. The van der Waals surface area contributed by atoms with E-state index >= 15 is 0 Å². The highest BCUT2D eigenvalue weighted by molar-refractivity contribution is 7.58. The number of allylic oxidation sites excluding steroid dienone is 4. The zero-order valence-corrected chi connectivity index (χ0v) is 21.1. The number of amidine groups is 1. The van der Waals surface area contributed by atoms with Gasteiger partial charge in [0.05, 0.1) is 6.10 Å². The van der Waals surface area contributed by atoms with Crippen LogP contribution in [-0.2, 0) is 9.09 Å². The third kappa shape index (κ3) is 6.37. The van der Waals surface area contributed by atoms with E-state index in [-0.39, 0.29) is 12.3 Å². The van der Waals surface area contributed by atoms with Crippen LogP contribution in [-0.4, -0.2) is 30.9 Å². The zero-order chi connectivity index (χ0) is 23.4. The maximum atomic E-state index is 12.3. The van der Waals surface area contributed by atoms with Crippen LogP contribution in [0.4, 0.5) is 5.69 Å². The summed E-state index contributed by atoms with van der Waals surface area (Å²) in [6.45, 7) is 8.04. The maximum Gasteiger partial charge on any atom is 0.200 e. The number of aliphatic imine (C=N–C) groups is 1. The maximum absolute atomic E-state index is 12.3. The lowest BCUT2D eigenvalue weighted by Gasteiger charge is -2.20. The zero-order valence-electron chi connectivity index (χ0n) is 20.2. The number of hydrogen-bond acceptors (Lipinski definition) is 4. The van der Waals surface area contributed by atoms with Gasteiger partial charge in [-0.1, -0.05) is 42.5 Å². The molecular formula is C27H36N3O2P. The number of hydrogen-bond donors (Lipinski definition) is 2. The summed E-state index contributed by atoms with van der Waals surface area (Å²) in [6.07, 6.45) is 15.1. The van der Waals surface area contributed by atoms with Crippen molar-refractivity contribution in [2.75, 3.05) is 18.1 Å². The monoisotopic (exact) mass is 465 g/mol. The fourth-order valence-corrected chi connectivity index (χ4v) is 5.99. The highest BCUT2D eigenvalue weighted by atomic mass is 31.2. The number of benzene rings is 1. The lowest BCUT2D eigenvalue weighted by atomic mass is 10.1. The summed E-state index contributed by atoms with van der Waals surface area (Å²) in [5.74, 6) is 1.54. The number of anilines is 1. The van der Waals surface area contributed by atoms with E-state index in [2.05, 4.69) is 86.1 Å². The van der Waals surface area contributed by atoms with Gasteiger partial charge in [-0.2, -0.15) is 0 Å². The number of nitrogens with one attached hydrogen (secondary N) is 2. The molecule has 0 radical (unpaired) electrons. The Bertz CT molecular complexity index is 1080. The van der Waals surface area contributed by atoms with Crippen LogP contribution in [0.25, 0.3) is 0 Å². The fraction of sp³-hybridized carbons (Fsp3) is 0.444. The van der Waals surface area contributed by atoms with Crippen molar-refractivity contribution in [3.05, 3.63) is 77.1 Å². The molecule has 2 aliphatic carbocycles. The smallest absolute Gasteiger partial charge is 0.200 e. The molecule has 1 saturated heterocycles. The number of nitrogens with zero attached hydrogens (tertiary/aromatic N) is 1. The average Bonchev–Trinajstić information content (AvgIpc) is 3.56. The van der Waals surface area contributed by atoms with Crippen molar-refractivity contribution in [1.82, 2.24) is 5.32 Å². The molecule has 1 aromatic carbocycles. The Balaban J connectivity index is 1.53. The van der Waals surface area contributed by atoms with Gasteiger partial charge >= 0.3 is 0 Å². The van der Waals surface area contributed by atoms with Crippen LogP contribution < -0.4 is 10.6 Å². The van der Waals surface area contributed by atoms with E-state index in [0.717, 1.165) is 35.6 Å². The minimum Gasteiger partial charge on any atom is -0.367 e. The molecule has 0 amide bonds. The van der Waals surface area contributed by atoms with Crippen molar-refractivity contribution in [2.24, 2.45) is 10.9 Å². The Morgan fingerprint density at radius 3 is 2.73 bits per heavy atom. The summed E-state index contributed by atoms with van der Waals surface area (Å²) in [5.41, 5.74) is 5.75. The van der Waals surface area contributed by atoms with E-state index in [9.17, 15) is 4.57 Å². The van der Waals surface area contributed by atoms with E-state index in [1.54, 1.807) is 6.66 Å². The topological polar surface area (TPSA) is 62.7 Å². The largest absolute Gasteiger partial charge is 0.367 e. The SMILES string of the molecule is C/C=C(\C(=NC(C)NC1=CC(C2CCP(C)(=O)O2)=CC=CC1)Nc1ccccc1C)C1CC1. The van der Waals surface area contributed by atoms with Gasteiger partial charge < -0.3 is 15.2 Å². The predicted molar refractivity (Wildman–Crippen MR) is 139 cm³/mol. The van der Waals surface area contributed by atoms with Crippen LogP contribution in [0, 0.1) is 12.8 Å². The normalized spacial score (nSPS) is 27.0. The summed E-state index contributed by atoms with van der Waals surface area (Å²) < 4.78 is 18.2. The Morgan fingerprint density at radius 1 is 1.27 bits per heavy atom. The van der Waals surface area contributed by atoms with E-state index in [4.69, 9.17) is 9.52 Å². The van der Waals surface area contributed by atoms with Gasteiger partial charge in [-0.05, 0) is 74.8 Å². The van der Waals surface area contributed by atoms with Gasteiger partial charge in [0.15, 0.2) is 0 Å². The minimum absolute atomic E-state index is 0.0954. The van der Waals surface area contributed by atoms with Crippen LogP contribution >= 0.6 is 7.37 Å². The molecular weight excluding hydrogens is 429 g/mol. The number of aryl methyl sites for hydroxylation is 1. The molecule has 1 saturated carbocycles. The molecule has 176 valence electrons. The first-order chi connectivity index (χ1) is 15.8. The molecule has 1 heterocycles. The Morgan fingerprint density at radius 2 is 2.06 bits per heavy atom. The van der Waals surface area contributed by atoms with Crippen LogP contribution in [0.2, 0.25) is 0 Å².